The number of hydrogen-bond donors (Lipinski definition) is 1. The van der Waals surface area contributed by atoms with E-state index >= 15 is 0 Å². The van der Waals surface area contributed by atoms with Crippen LogP contribution in [0.2, 0.25) is 0 Å². The van der Waals surface area contributed by atoms with Crippen LogP contribution in [0.15, 0.2) is 18.3 Å². The van der Waals surface area contributed by atoms with Crippen LogP contribution in [0.1, 0.15) is 5.69 Å². The van der Waals surface area contributed by atoms with Crippen molar-refractivity contribution in [1.82, 2.24) is 9.88 Å². The molecule has 5 nitrogen and oxygen atoms in total. The first-order valence-corrected chi connectivity index (χ1v) is 6.94. The molecule has 0 atom stereocenters. The van der Waals surface area contributed by atoms with E-state index in [9.17, 15) is 8.42 Å². The van der Waals surface area contributed by atoms with Gasteiger partial charge in [0.25, 0.3) is 0 Å². The Bertz CT molecular complexity index is 441. The Morgan fingerprint density at radius 2 is 2.00 bits per heavy atom. The molecule has 0 unspecified atom stereocenters. The summed E-state index contributed by atoms with van der Waals surface area (Å²) >= 11 is 0. The average molecular weight is 242 g/mol. The third-order valence-corrected chi connectivity index (χ3v) is 4.24. The molecule has 1 saturated heterocycles. The summed E-state index contributed by atoms with van der Waals surface area (Å²) in [6.45, 7) is 1.76. The van der Waals surface area contributed by atoms with Crippen molar-refractivity contribution in [2.45, 2.75) is 6.54 Å². The average Bonchev–Trinajstić information content (AvgIpc) is 2.24. The van der Waals surface area contributed by atoms with Gasteiger partial charge in [0.05, 0.1) is 23.4 Å². The normalized spacial score (nSPS) is 20.8. The second-order valence-corrected chi connectivity index (χ2v) is 6.24. The van der Waals surface area contributed by atoms with Crippen molar-refractivity contribution in [3.05, 3.63) is 24.0 Å². The van der Waals surface area contributed by atoms with Crippen LogP contribution in [-0.2, 0) is 16.4 Å². The van der Waals surface area contributed by atoms with Crippen molar-refractivity contribution in [3.63, 3.8) is 0 Å². The third kappa shape index (κ3) is 2.93. The Kier molecular flexibility index (Phi) is 3.11. The standard InChI is InChI=1S/C10H14N2O3S/c13-10-2-1-9(11-7-10)8-12-3-5-16(14,15)6-4-12/h1-2,7,13H,3-6,8H2. The van der Waals surface area contributed by atoms with Crippen LogP contribution in [0.4, 0.5) is 0 Å². The van der Waals surface area contributed by atoms with Crippen LogP contribution >= 0.6 is 0 Å². The molecule has 0 amide bonds. The number of aromatic nitrogens is 1. The van der Waals surface area contributed by atoms with Crippen molar-refractivity contribution in [3.8, 4) is 5.75 Å². The maximum Gasteiger partial charge on any atom is 0.152 e. The molecular formula is C10H14N2O3S. The zero-order valence-corrected chi connectivity index (χ0v) is 9.65. The smallest absolute Gasteiger partial charge is 0.152 e. The second-order valence-electron chi connectivity index (χ2n) is 3.94. The predicted molar refractivity (Wildman–Crippen MR) is 59.8 cm³/mol. The van der Waals surface area contributed by atoms with Gasteiger partial charge in [0.2, 0.25) is 0 Å². The van der Waals surface area contributed by atoms with Crippen LogP contribution in [0, 0.1) is 0 Å². The van der Waals surface area contributed by atoms with E-state index in [1.54, 1.807) is 12.1 Å². The molecule has 0 bridgehead atoms. The molecule has 88 valence electrons. The molecule has 0 saturated carbocycles. The molecule has 1 aromatic rings. The lowest BCUT2D eigenvalue weighted by Crippen LogP contribution is -2.39. The first-order chi connectivity index (χ1) is 7.55. The maximum atomic E-state index is 11.2. The molecule has 16 heavy (non-hydrogen) atoms. The Labute approximate surface area is 94.6 Å². The van der Waals surface area contributed by atoms with E-state index < -0.39 is 9.84 Å². The van der Waals surface area contributed by atoms with Gasteiger partial charge in [0.1, 0.15) is 5.75 Å². The number of sulfone groups is 1. The number of hydrogen-bond acceptors (Lipinski definition) is 5. The molecule has 2 heterocycles. The monoisotopic (exact) mass is 242 g/mol. The largest absolute Gasteiger partial charge is 0.506 e. The van der Waals surface area contributed by atoms with Gasteiger partial charge in [-0.2, -0.15) is 0 Å². The van der Waals surface area contributed by atoms with Crippen molar-refractivity contribution in [2.75, 3.05) is 24.6 Å². The first kappa shape index (κ1) is 11.3. The van der Waals surface area contributed by atoms with Crippen LogP contribution in [0.3, 0.4) is 0 Å². The molecule has 1 fully saturated rings. The SMILES string of the molecule is O=S1(=O)CCN(Cc2ccc(O)cn2)CC1. The van der Waals surface area contributed by atoms with Crippen molar-refractivity contribution >= 4 is 9.84 Å². The van der Waals surface area contributed by atoms with E-state index in [2.05, 4.69) is 9.88 Å². The van der Waals surface area contributed by atoms with Gasteiger partial charge >= 0.3 is 0 Å². The predicted octanol–water partition coefficient (Wildman–Crippen LogP) is 0.0176. The summed E-state index contributed by atoms with van der Waals surface area (Å²) in [5.41, 5.74) is 0.845. The molecule has 2 rings (SSSR count). The lowest BCUT2D eigenvalue weighted by molar-refractivity contribution is 0.284. The van der Waals surface area contributed by atoms with Crippen molar-refractivity contribution < 1.29 is 13.5 Å². The number of rotatable bonds is 2. The van der Waals surface area contributed by atoms with Gasteiger partial charge < -0.3 is 5.11 Å². The molecule has 1 aliphatic heterocycles. The molecular weight excluding hydrogens is 228 g/mol. The minimum atomic E-state index is -2.82. The van der Waals surface area contributed by atoms with Crippen LogP contribution in [0.5, 0.6) is 5.75 Å². The van der Waals surface area contributed by atoms with E-state index in [1.807, 2.05) is 0 Å². The fourth-order valence-electron chi connectivity index (χ4n) is 1.65. The molecule has 1 aliphatic rings. The molecule has 0 aliphatic carbocycles. The van der Waals surface area contributed by atoms with E-state index in [4.69, 9.17) is 5.11 Å². The maximum absolute atomic E-state index is 11.2. The molecule has 0 spiro atoms. The highest BCUT2D eigenvalue weighted by Gasteiger charge is 2.21. The minimum absolute atomic E-state index is 0.143. The summed E-state index contributed by atoms with van der Waals surface area (Å²) in [5.74, 6) is 0.598. The van der Waals surface area contributed by atoms with E-state index in [0.29, 0.717) is 19.6 Å². The van der Waals surface area contributed by atoms with Gasteiger partial charge in [-0.3, -0.25) is 9.88 Å². The van der Waals surface area contributed by atoms with Gasteiger partial charge in [-0.15, -0.1) is 0 Å². The Hall–Kier alpha value is -1.14. The summed E-state index contributed by atoms with van der Waals surface area (Å²) in [6, 6.07) is 3.33. The number of pyridine rings is 1. The lowest BCUT2D eigenvalue weighted by Gasteiger charge is -2.25. The zero-order valence-electron chi connectivity index (χ0n) is 8.83. The molecule has 0 aromatic carbocycles. The van der Waals surface area contributed by atoms with Gasteiger partial charge in [-0.25, -0.2) is 8.42 Å². The highest BCUT2D eigenvalue weighted by atomic mass is 32.2. The number of aromatic hydroxyl groups is 1. The van der Waals surface area contributed by atoms with Crippen molar-refractivity contribution in [1.29, 1.82) is 0 Å². The van der Waals surface area contributed by atoms with Crippen LogP contribution in [-0.4, -0.2) is 48.0 Å². The fraction of sp³-hybridized carbons (Fsp3) is 0.500. The van der Waals surface area contributed by atoms with Gasteiger partial charge in [-0.05, 0) is 12.1 Å². The van der Waals surface area contributed by atoms with E-state index in [-0.39, 0.29) is 17.3 Å². The Balaban J connectivity index is 1.94. The van der Waals surface area contributed by atoms with E-state index in [0.717, 1.165) is 5.69 Å². The Morgan fingerprint density at radius 1 is 1.31 bits per heavy atom. The van der Waals surface area contributed by atoms with Gasteiger partial charge in [0, 0.05) is 19.6 Å². The molecule has 0 radical (unpaired) electrons. The highest BCUT2D eigenvalue weighted by Crippen LogP contribution is 2.10. The highest BCUT2D eigenvalue weighted by molar-refractivity contribution is 7.91. The third-order valence-electron chi connectivity index (χ3n) is 2.63. The zero-order chi connectivity index (χ0) is 11.6. The van der Waals surface area contributed by atoms with E-state index in [1.165, 1.54) is 6.20 Å². The topological polar surface area (TPSA) is 70.5 Å². The second kappa shape index (κ2) is 4.39. The molecule has 1 aromatic heterocycles. The fourth-order valence-corrected chi connectivity index (χ4v) is 2.92. The van der Waals surface area contributed by atoms with Gasteiger partial charge in [-0.1, -0.05) is 0 Å². The minimum Gasteiger partial charge on any atom is -0.506 e. The molecule has 1 N–H and O–H groups in total. The molecule has 6 heteroatoms. The lowest BCUT2D eigenvalue weighted by atomic mass is 10.3. The first-order valence-electron chi connectivity index (χ1n) is 5.12. The van der Waals surface area contributed by atoms with Crippen LogP contribution < -0.4 is 0 Å². The number of nitrogens with zero attached hydrogens (tertiary/aromatic N) is 2. The summed E-state index contributed by atoms with van der Waals surface area (Å²) in [5, 5.41) is 9.08. The quantitative estimate of drug-likeness (QED) is 0.791. The summed E-state index contributed by atoms with van der Waals surface area (Å²) in [4.78, 5) is 6.12. The Morgan fingerprint density at radius 3 is 2.56 bits per heavy atom. The summed E-state index contributed by atoms with van der Waals surface area (Å²) in [6.07, 6.45) is 1.40. The van der Waals surface area contributed by atoms with Crippen LogP contribution in [0.25, 0.3) is 0 Å². The summed E-state index contributed by atoms with van der Waals surface area (Å²) in [7, 11) is -2.82. The van der Waals surface area contributed by atoms with Gasteiger partial charge in [0.15, 0.2) is 9.84 Å². The summed E-state index contributed by atoms with van der Waals surface area (Å²) < 4.78 is 22.4. The van der Waals surface area contributed by atoms with Crippen molar-refractivity contribution in [2.24, 2.45) is 0 Å².